The summed E-state index contributed by atoms with van der Waals surface area (Å²) in [7, 11) is 0. The summed E-state index contributed by atoms with van der Waals surface area (Å²) in [4.78, 5) is 10.2. The molecular weight excluding hydrogens is 204 g/mol. The van der Waals surface area contributed by atoms with Crippen molar-refractivity contribution in [2.24, 2.45) is 0 Å². The van der Waals surface area contributed by atoms with Gasteiger partial charge in [-0.05, 0) is 25.0 Å². The first-order valence-corrected chi connectivity index (χ1v) is 5.88. The van der Waals surface area contributed by atoms with Crippen molar-refractivity contribution in [2.75, 3.05) is 6.61 Å². The number of ether oxygens (including phenoxy) is 1. The molecule has 0 heterocycles. The van der Waals surface area contributed by atoms with Crippen LogP contribution in [0.4, 0.5) is 0 Å². The summed E-state index contributed by atoms with van der Waals surface area (Å²) < 4.78 is 5.32. The Hall–Kier alpha value is -1.25. The summed E-state index contributed by atoms with van der Waals surface area (Å²) in [6.45, 7) is 10.1. The molecule has 0 aliphatic heterocycles. The van der Waals surface area contributed by atoms with Crippen molar-refractivity contribution in [1.29, 1.82) is 0 Å². The van der Waals surface area contributed by atoms with E-state index in [-0.39, 0.29) is 6.42 Å². The molecule has 16 heavy (non-hydrogen) atoms. The lowest BCUT2D eigenvalue weighted by molar-refractivity contribution is -0.137. The predicted molar refractivity (Wildman–Crippen MR) is 67.4 cm³/mol. The number of rotatable bonds is 8. The Kier molecular flexibility index (Phi) is 14.7. The van der Waals surface area contributed by atoms with Crippen LogP contribution in [0.15, 0.2) is 24.5 Å². The third-order valence-corrected chi connectivity index (χ3v) is 1.64. The summed E-state index contributed by atoms with van der Waals surface area (Å²) in [5.41, 5.74) is 0. The maximum Gasteiger partial charge on any atom is 0.303 e. The lowest BCUT2D eigenvalue weighted by atomic mass is 10.3. The average molecular weight is 228 g/mol. The molecule has 0 radical (unpaired) electrons. The minimum Gasteiger partial charge on any atom is -0.494 e. The smallest absolute Gasteiger partial charge is 0.303 e. The molecule has 3 nitrogen and oxygen atoms in total. The van der Waals surface area contributed by atoms with E-state index in [1.165, 1.54) is 0 Å². The third kappa shape index (κ3) is 12.8. The highest BCUT2D eigenvalue weighted by atomic mass is 16.5. The van der Waals surface area contributed by atoms with Gasteiger partial charge in [-0.15, -0.1) is 0 Å². The van der Waals surface area contributed by atoms with Crippen molar-refractivity contribution in [3.63, 3.8) is 0 Å². The second-order valence-electron chi connectivity index (χ2n) is 2.95. The van der Waals surface area contributed by atoms with E-state index in [1.807, 2.05) is 19.9 Å². The summed E-state index contributed by atoms with van der Waals surface area (Å²) in [5.74, 6) is -0.0384. The Labute approximate surface area is 98.8 Å². The molecule has 0 atom stereocenters. The second kappa shape index (κ2) is 13.8. The number of carbonyl (C=O) groups is 1. The first-order valence-electron chi connectivity index (χ1n) is 5.88. The van der Waals surface area contributed by atoms with Crippen LogP contribution >= 0.6 is 0 Å². The number of unbranched alkanes of at least 4 members (excludes halogenated alkanes) is 1. The number of hydrogen-bond acceptors (Lipinski definition) is 2. The molecule has 0 spiro atoms. The molecule has 3 heteroatoms. The minimum absolute atomic E-state index is 0.151. The van der Waals surface area contributed by atoms with Crippen molar-refractivity contribution in [1.82, 2.24) is 0 Å². The van der Waals surface area contributed by atoms with Gasteiger partial charge in [-0.1, -0.05) is 33.8 Å². The highest BCUT2D eigenvalue weighted by Crippen LogP contribution is 2.03. The number of carboxylic acids is 1. The quantitative estimate of drug-likeness (QED) is 0.391. The van der Waals surface area contributed by atoms with Gasteiger partial charge >= 0.3 is 5.97 Å². The molecule has 0 aromatic rings. The van der Waals surface area contributed by atoms with Gasteiger partial charge in [0, 0.05) is 6.42 Å². The van der Waals surface area contributed by atoms with Crippen molar-refractivity contribution >= 4 is 5.97 Å². The van der Waals surface area contributed by atoms with Crippen molar-refractivity contribution in [3.05, 3.63) is 24.5 Å². The molecule has 0 aromatic heterocycles. The molecule has 0 saturated carbocycles. The van der Waals surface area contributed by atoms with Crippen LogP contribution < -0.4 is 0 Å². The van der Waals surface area contributed by atoms with E-state index in [0.29, 0.717) is 13.0 Å². The monoisotopic (exact) mass is 228 g/mol. The maximum absolute atomic E-state index is 10.2. The van der Waals surface area contributed by atoms with Crippen LogP contribution in [-0.4, -0.2) is 17.7 Å². The topological polar surface area (TPSA) is 46.5 Å². The lowest BCUT2D eigenvalue weighted by Gasteiger charge is -2.05. The second-order valence-corrected chi connectivity index (χ2v) is 2.95. The Morgan fingerprint density at radius 3 is 2.50 bits per heavy atom. The molecule has 0 saturated heterocycles. The van der Waals surface area contributed by atoms with Gasteiger partial charge in [0.05, 0.1) is 6.61 Å². The fourth-order valence-corrected chi connectivity index (χ4v) is 0.901. The molecule has 0 bridgehead atoms. The zero-order chi connectivity index (χ0) is 12.8. The summed E-state index contributed by atoms with van der Waals surface area (Å²) in [6.07, 6.45) is 6.32. The SMILES string of the molecule is C=C/C(=C\CCC)OCCCC(=O)O.CC. The Morgan fingerprint density at radius 2 is 2.06 bits per heavy atom. The molecule has 0 rings (SSSR count). The zero-order valence-corrected chi connectivity index (χ0v) is 10.7. The van der Waals surface area contributed by atoms with Crippen LogP contribution in [0.3, 0.4) is 0 Å². The minimum atomic E-state index is -0.786. The summed E-state index contributed by atoms with van der Waals surface area (Å²) in [6, 6.07) is 0. The summed E-state index contributed by atoms with van der Waals surface area (Å²) >= 11 is 0. The van der Waals surface area contributed by atoms with E-state index >= 15 is 0 Å². The van der Waals surface area contributed by atoms with E-state index in [0.717, 1.165) is 18.6 Å². The highest BCUT2D eigenvalue weighted by Gasteiger charge is 1.97. The van der Waals surface area contributed by atoms with Crippen LogP contribution in [0.1, 0.15) is 46.5 Å². The van der Waals surface area contributed by atoms with Crippen LogP contribution in [0.25, 0.3) is 0 Å². The van der Waals surface area contributed by atoms with E-state index < -0.39 is 5.97 Å². The first-order chi connectivity index (χ1) is 7.70. The molecule has 0 amide bonds. The fourth-order valence-electron chi connectivity index (χ4n) is 0.901. The van der Waals surface area contributed by atoms with Gasteiger partial charge in [-0.2, -0.15) is 0 Å². The first kappa shape index (κ1) is 17.2. The molecule has 0 aromatic carbocycles. The van der Waals surface area contributed by atoms with E-state index in [2.05, 4.69) is 13.5 Å². The van der Waals surface area contributed by atoms with Gasteiger partial charge in [0.2, 0.25) is 0 Å². The van der Waals surface area contributed by atoms with Gasteiger partial charge in [0.15, 0.2) is 0 Å². The van der Waals surface area contributed by atoms with Gasteiger partial charge in [-0.25, -0.2) is 0 Å². The molecule has 0 aliphatic rings. The van der Waals surface area contributed by atoms with Gasteiger partial charge in [0.25, 0.3) is 0 Å². The summed E-state index contributed by atoms with van der Waals surface area (Å²) in [5, 5.41) is 8.39. The van der Waals surface area contributed by atoms with Gasteiger partial charge in [0.1, 0.15) is 5.76 Å². The average Bonchev–Trinajstić information content (AvgIpc) is 2.30. The molecule has 94 valence electrons. The van der Waals surface area contributed by atoms with Crippen molar-refractivity contribution in [3.8, 4) is 0 Å². The van der Waals surface area contributed by atoms with Crippen LogP contribution in [-0.2, 0) is 9.53 Å². The number of hydrogen-bond donors (Lipinski definition) is 1. The molecule has 0 aliphatic carbocycles. The van der Waals surface area contributed by atoms with Gasteiger partial charge < -0.3 is 9.84 Å². The lowest BCUT2D eigenvalue weighted by Crippen LogP contribution is -1.99. The highest BCUT2D eigenvalue weighted by molar-refractivity contribution is 5.66. The van der Waals surface area contributed by atoms with Crippen molar-refractivity contribution in [2.45, 2.75) is 46.5 Å². The van der Waals surface area contributed by atoms with Crippen LogP contribution in [0.5, 0.6) is 0 Å². The number of aliphatic carboxylic acids is 1. The van der Waals surface area contributed by atoms with E-state index in [4.69, 9.17) is 9.84 Å². The third-order valence-electron chi connectivity index (χ3n) is 1.64. The van der Waals surface area contributed by atoms with Crippen LogP contribution in [0, 0.1) is 0 Å². The predicted octanol–water partition coefficient (Wildman–Crippen LogP) is 3.76. The van der Waals surface area contributed by atoms with Crippen LogP contribution in [0.2, 0.25) is 0 Å². The Morgan fingerprint density at radius 1 is 1.44 bits per heavy atom. The molecule has 0 fully saturated rings. The number of allylic oxidation sites excluding steroid dienone is 2. The molecule has 0 unspecified atom stereocenters. The largest absolute Gasteiger partial charge is 0.494 e. The number of carboxylic acid groups (broad SMARTS) is 1. The fraction of sp³-hybridized carbons (Fsp3) is 0.615. The maximum atomic E-state index is 10.2. The van der Waals surface area contributed by atoms with E-state index in [1.54, 1.807) is 6.08 Å². The Balaban J connectivity index is 0. The molecular formula is C13H24O3. The normalized spacial score (nSPS) is 10.1. The Bertz CT molecular complexity index is 207. The zero-order valence-electron chi connectivity index (χ0n) is 10.7. The standard InChI is InChI=1S/C11H18O3.C2H6/c1-3-5-7-10(4-2)14-9-6-8-11(12)13;1-2/h4,7H,2-3,5-6,8-9H2,1H3,(H,12,13);1-2H3/b10-7+;. The van der Waals surface area contributed by atoms with E-state index in [9.17, 15) is 4.79 Å². The van der Waals surface area contributed by atoms with Crippen molar-refractivity contribution < 1.29 is 14.6 Å². The molecule has 1 N–H and O–H groups in total. The van der Waals surface area contributed by atoms with Gasteiger partial charge in [-0.3, -0.25) is 4.79 Å².